The molecule has 5 heterocycles. The summed E-state index contributed by atoms with van der Waals surface area (Å²) in [6, 6.07) is 7.46. The van der Waals surface area contributed by atoms with Gasteiger partial charge in [0.1, 0.15) is 35.7 Å². The van der Waals surface area contributed by atoms with Crippen molar-refractivity contribution in [1.29, 1.82) is 0 Å². The Hall–Kier alpha value is -3.78. The Balaban J connectivity index is 1.30. The van der Waals surface area contributed by atoms with Crippen LogP contribution in [0.15, 0.2) is 30.3 Å². The van der Waals surface area contributed by atoms with Gasteiger partial charge in [-0.15, -0.1) is 6.42 Å². The number of benzene rings is 3. The molecule has 11 heteroatoms. The predicted molar refractivity (Wildman–Crippen MR) is 168 cm³/mol. The van der Waals surface area contributed by atoms with Crippen LogP contribution in [0.5, 0.6) is 11.8 Å². The molecule has 3 aromatic carbocycles. The Kier molecular flexibility index (Phi) is 6.79. The number of fused-ring (bicyclic) bond motifs is 5. The molecule has 2 N–H and O–H groups in total. The summed E-state index contributed by atoms with van der Waals surface area (Å²) in [4.78, 5) is 13.6. The van der Waals surface area contributed by atoms with Gasteiger partial charge in [-0.1, -0.05) is 23.6 Å². The van der Waals surface area contributed by atoms with E-state index in [1.807, 2.05) is 0 Å². The molecule has 8 rings (SSSR count). The summed E-state index contributed by atoms with van der Waals surface area (Å²) in [5, 5.41) is 15.4. The molecule has 0 spiro atoms. The van der Waals surface area contributed by atoms with Crippen molar-refractivity contribution < 1.29 is 23.0 Å². The van der Waals surface area contributed by atoms with Crippen molar-refractivity contribution in [2.24, 2.45) is 0 Å². The zero-order valence-electron chi connectivity index (χ0n) is 24.4. The van der Waals surface area contributed by atoms with E-state index in [2.05, 4.69) is 26.0 Å². The number of piperazine rings is 1. The topological polar surface area (TPSA) is 73.8 Å². The fourth-order valence-corrected chi connectivity index (χ4v) is 8.37. The molecule has 4 aliphatic heterocycles. The highest BCUT2D eigenvalue weighted by atomic mass is 35.5. The highest BCUT2D eigenvalue weighted by Crippen LogP contribution is 2.44. The van der Waals surface area contributed by atoms with E-state index in [0.717, 1.165) is 32.2 Å². The van der Waals surface area contributed by atoms with Gasteiger partial charge in [-0.05, 0) is 67.4 Å². The molecular formula is C34H31ClF3N5O2. The average molecular weight is 634 g/mol. The van der Waals surface area contributed by atoms with Gasteiger partial charge in [-0.3, -0.25) is 4.90 Å². The van der Waals surface area contributed by atoms with E-state index in [-0.39, 0.29) is 63.1 Å². The van der Waals surface area contributed by atoms with E-state index in [0.29, 0.717) is 42.6 Å². The maximum Gasteiger partial charge on any atom is 0.319 e. The second-order valence-corrected chi connectivity index (χ2v) is 13.2. The zero-order chi connectivity index (χ0) is 31.0. The van der Waals surface area contributed by atoms with Gasteiger partial charge in [0, 0.05) is 49.1 Å². The predicted octanol–water partition coefficient (Wildman–Crippen LogP) is 5.96. The minimum atomic E-state index is -0.924. The van der Waals surface area contributed by atoms with Gasteiger partial charge in [-0.2, -0.15) is 9.97 Å². The monoisotopic (exact) mass is 633 g/mol. The molecular weight excluding hydrogens is 603 g/mol. The summed E-state index contributed by atoms with van der Waals surface area (Å²) in [7, 11) is 0. The second kappa shape index (κ2) is 10.6. The number of hydrogen-bond donors (Lipinski definition) is 2. The first-order valence-corrected chi connectivity index (χ1v) is 15.8. The van der Waals surface area contributed by atoms with Crippen LogP contribution >= 0.6 is 11.6 Å². The third kappa shape index (κ3) is 4.67. The van der Waals surface area contributed by atoms with Crippen molar-refractivity contribution >= 4 is 39.1 Å². The summed E-state index contributed by atoms with van der Waals surface area (Å²) >= 11 is 6.96. The quantitative estimate of drug-likeness (QED) is 0.263. The van der Waals surface area contributed by atoms with Crippen molar-refractivity contribution in [1.82, 2.24) is 20.2 Å². The van der Waals surface area contributed by atoms with E-state index in [1.54, 1.807) is 0 Å². The number of halogens is 4. The number of nitrogens with zero attached hydrogens (tertiary/aromatic N) is 4. The number of terminal acetylenes is 1. The summed E-state index contributed by atoms with van der Waals surface area (Å²) < 4.78 is 52.5. The van der Waals surface area contributed by atoms with Crippen LogP contribution in [-0.4, -0.2) is 76.6 Å². The van der Waals surface area contributed by atoms with Crippen molar-refractivity contribution in [2.45, 2.75) is 55.9 Å². The van der Waals surface area contributed by atoms with Crippen molar-refractivity contribution in [3.8, 4) is 35.2 Å². The molecule has 0 amide bonds. The number of aromatic nitrogens is 2. The van der Waals surface area contributed by atoms with Gasteiger partial charge in [0.05, 0.1) is 21.5 Å². The molecule has 0 radical (unpaired) electrons. The minimum Gasteiger partial charge on any atom is -0.508 e. The summed E-state index contributed by atoms with van der Waals surface area (Å²) in [6.45, 7) is 2.68. The van der Waals surface area contributed by atoms with E-state index >= 15 is 4.39 Å². The first-order valence-electron chi connectivity index (χ1n) is 15.4. The van der Waals surface area contributed by atoms with Crippen LogP contribution in [0.2, 0.25) is 5.02 Å². The highest BCUT2D eigenvalue weighted by molar-refractivity contribution is 6.37. The van der Waals surface area contributed by atoms with Crippen LogP contribution < -0.4 is 15.0 Å². The lowest BCUT2D eigenvalue weighted by molar-refractivity contribution is 0.107. The van der Waals surface area contributed by atoms with Crippen LogP contribution in [0.25, 0.3) is 32.8 Å². The molecule has 4 atom stereocenters. The maximum absolute atomic E-state index is 16.9. The summed E-state index contributed by atoms with van der Waals surface area (Å²) in [6.07, 6.45) is 8.96. The van der Waals surface area contributed by atoms with Crippen LogP contribution in [0.3, 0.4) is 0 Å². The normalized spacial score (nSPS) is 26.1. The molecule has 4 fully saturated rings. The number of aromatic hydroxyl groups is 1. The number of alkyl halides is 1. The molecule has 0 aliphatic carbocycles. The molecule has 2 unspecified atom stereocenters. The lowest BCUT2D eigenvalue weighted by atomic mass is 9.93. The van der Waals surface area contributed by atoms with Gasteiger partial charge >= 0.3 is 6.01 Å². The number of hydrogen-bond acceptors (Lipinski definition) is 7. The standard InChI is InChI=1S/C34H31ClF3N5O2/c1-2-23-27(37)7-4-18-10-22(44)11-24(28(18)23)25-12-26(35)29-31(30(25)38)40-33(41-32(29)42-15-20-5-6-21(16-42)39-20)45-17-34-8-3-9-43(34)14-19(36)13-34/h1,4,7,10-12,19-21,39,44H,3,5-6,8-9,13-17H2/t19-,20?,21?,34+/m1/s1. The van der Waals surface area contributed by atoms with Gasteiger partial charge in [0.2, 0.25) is 0 Å². The minimum absolute atomic E-state index is 0.00288. The van der Waals surface area contributed by atoms with Crippen LogP contribution in [0.4, 0.5) is 19.0 Å². The van der Waals surface area contributed by atoms with Crippen LogP contribution in [0.1, 0.15) is 37.7 Å². The molecule has 4 aromatic rings. The fourth-order valence-electron chi connectivity index (χ4n) is 8.08. The molecule has 4 saturated heterocycles. The molecule has 7 nitrogen and oxygen atoms in total. The first kappa shape index (κ1) is 28.7. The lowest BCUT2D eigenvalue weighted by Gasteiger charge is -2.35. The van der Waals surface area contributed by atoms with Crippen molar-refractivity contribution in [3.05, 3.63) is 52.6 Å². The highest BCUT2D eigenvalue weighted by Gasteiger charge is 2.49. The van der Waals surface area contributed by atoms with Crippen LogP contribution in [0, 0.1) is 24.0 Å². The van der Waals surface area contributed by atoms with Gasteiger partial charge in [0.25, 0.3) is 0 Å². The summed E-state index contributed by atoms with van der Waals surface area (Å²) in [5.74, 6) is 1.33. The Morgan fingerprint density at radius 2 is 1.89 bits per heavy atom. The average Bonchev–Trinajstić information content (AvgIpc) is 3.67. The van der Waals surface area contributed by atoms with E-state index in [4.69, 9.17) is 27.7 Å². The van der Waals surface area contributed by atoms with Gasteiger partial charge in [0.15, 0.2) is 5.82 Å². The third-order valence-corrected chi connectivity index (χ3v) is 10.4. The molecule has 2 bridgehead atoms. The van der Waals surface area contributed by atoms with Gasteiger partial charge in [-0.25, -0.2) is 13.2 Å². The largest absolute Gasteiger partial charge is 0.508 e. The van der Waals surface area contributed by atoms with Crippen molar-refractivity contribution in [2.75, 3.05) is 37.7 Å². The number of rotatable bonds is 5. The maximum atomic E-state index is 16.9. The van der Waals surface area contributed by atoms with E-state index in [9.17, 15) is 13.9 Å². The molecule has 45 heavy (non-hydrogen) atoms. The third-order valence-electron chi connectivity index (χ3n) is 10.1. The Morgan fingerprint density at radius 3 is 2.67 bits per heavy atom. The van der Waals surface area contributed by atoms with Crippen LogP contribution in [-0.2, 0) is 0 Å². The first-order chi connectivity index (χ1) is 21.7. The van der Waals surface area contributed by atoms with Crippen molar-refractivity contribution in [3.63, 3.8) is 0 Å². The lowest BCUT2D eigenvalue weighted by Crippen LogP contribution is -2.51. The molecule has 4 aliphatic rings. The van der Waals surface area contributed by atoms with E-state index in [1.165, 1.54) is 30.3 Å². The smallest absolute Gasteiger partial charge is 0.319 e. The number of anilines is 1. The number of nitrogens with one attached hydrogen (secondary N) is 1. The second-order valence-electron chi connectivity index (χ2n) is 12.8. The Labute approximate surface area is 263 Å². The number of ether oxygens (including phenoxy) is 1. The molecule has 232 valence electrons. The Morgan fingerprint density at radius 1 is 1.09 bits per heavy atom. The Bertz CT molecular complexity index is 1910. The molecule has 0 saturated carbocycles. The molecule has 1 aromatic heterocycles. The number of phenols is 1. The fraction of sp³-hybridized carbons (Fsp3) is 0.412. The number of phenolic OH excluding ortho intramolecular Hbond substituents is 1. The zero-order valence-corrected chi connectivity index (χ0v) is 25.2. The SMILES string of the molecule is C#Cc1c(F)ccc2cc(O)cc(-c3cc(Cl)c4c(N5CC6CCC(C5)N6)nc(OC[C@@]56CCCN5C[C@H](F)C6)nc4c3F)c12. The summed E-state index contributed by atoms with van der Waals surface area (Å²) in [5.41, 5.74) is -0.371. The van der Waals surface area contributed by atoms with E-state index < -0.39 is 23.3 Å². The van der Waals surface area contributed by atoms with Gasteiger partial charge < -0.3 is 20.1 Å².